The van der Waals surface area contributed by atoms with E-state index in [-0.39, 0.29) is 12.8 Å². The van der Waals surface area contributed by atoms with Crippen LogP contribution in [-0.4, -0.2) is 4.92 Å². The SMILES string of the molecule is C/C=C/C=C/[C](OCc1ccccc1)[N+](=O)[O-]. The number of benzene rings is 1. The zero-order chi connectivity index (χ0) is 12.5. The van der Waals surface area contributed by atoms with Gasteiger partial charge in [0.2, 0.25) is 0 Å². The molecule has 0 heterocycles. The molecule has 1 rings (SSSR count). The third kappa shape index (κ3) is 5.08. The monoisotopic (exact) mass is 232 g/mol. The Balaban J connectivity index is 2.53. The van der Waals surface area contributed by atoms with Gasteiger partial charge in [-0.2, -0.15) is 0 Å². The van der Waals surface area contributed by atoms with Gasteiger partial charge in [0.25, 0.3) is 0 Å². The molecule has 0 aliphatic carbocycles. The fourth-order valence-corrected chi connectivity index (χ4v) is 1.14. The van der Waals surface area contributed by atoms with Gasteiger partial charge in [0.15, 0.2) is 0 Å². The van der Waals surface area contributed by atoms with Crippen molar-refractivity contribution in [2.75, 3.05) is 0 Å². The Morgan fingerprint density at radius 2 is 2.06 bits per heavy atom. The third-order valence-corrected chi connectivity index (χ3v) is 1.95. The van der Waals surface area contributed by atoms with Crippen molar-refractivity contribution in [3.63, 3.8) is 0 Å². The van der Waals surface area contributed by atoms with Crippen LogP contribution in [0.3, 0.4) is 0 Å². The quantitative estimate of drug-likeness (QED) is 0.430. The molecule has 89 valence electrons. The molecule has 0 saturated carbocycles. The maximum Gasteiger partial charge on any atom is 0.446 e. The number of allylic oxidation sites excluding steroid dienone is 3. The van der Waals surface area contributed by atoms with Gasteiger partial charge >= 0.3 is 6.23 Å². The zero-order valence-corrected chi connectivity index (χ0v) is 9.58. The van der Waals surface area contributed by atoms with Gasteiger partial charge in [-0.25, -0.2) is 0 Å². The molecule has 0 aromatic heterocycles. The molecule has 0 spiro atoms. The maximum absolute atomic E-state index is 10.7. The first-order chi connectivity index (χ1) is 8.24. The van der Waals surface area contributed by atoms with Crippen molar-refractivity contribution >= 4 is 0 Å². The summed E-state index contributed by atoms with van der Waals surface area (Å²) in [5.41, 5.74) is 0.895. The van der Waals surface area contributed by atoms with Gasteiger partial charge in [-0.05, 0) is 12.5 Å². The Morgan fingerprint density at radius 3 is 2.65 bits per heavy atom. The van der Waals surface area contributed by atoms with Gasteiger partial charge in [-0.1, -0.05) is 48.6 Å². The van der Waals surface area contributed by atoms with Crippen molar-refractivity contribution in [3.8, 4) is 0 Å². The van der Waals surface area contributed by atoms with E-state index in [4.69, 9.17) is 4.74 Å². The summed E-state index contributed by atoms with van der Waals surface area (Å²) in [6.45, 7) is 2.03. The predicted octanol–water partition coefficient (Wildman–Crippen LogP) is 3.10. The molecule has 1 radical (unpaired) electrons. The molecule has 0 bridgehead atoms. The topological polar surface area (TPSA) is 52.4 Å². The molecule has 0 N–H and O–H groups in total. The van der Waals surface area contributed by atoms with Gasteiger partial charge < -0.3 is 0 Å². The molecule has 0 unspecified atom stereocenters. The van der Waals surface area contributed by atoms with Crippen LogP contribution in [0.4, 0.5) is 0 Å². The third-order valence-electron chi connectivity index (χ3n) is 1.95. The van der Waals surface area contributed by atoms with Crippen LogP contribution < -0.4 is 0 Å². The number of rotatable bonds is 6. The Labute approximate surface area is 100 Å². The van der Waals surface area contributed by atoms with E-state index in [1.165, 1.54) is 6.08 Å². The van der Waals surface area contributed by atoms with Gasteiger partial charge in [0.1, 0.15) is 0 Å². The number of nitro groups is 1. The van der Waals surface area contributed by atoms with Gasteiger partial charge in [0, 0.05) is 6.08 Å². The van der Waals surface area contributed by atoms with Crippen molar-refractivity contribution in [3.05, 3.63) is 76.5 Å². The average Bonchev–Trinajstić information content (AvgIpc) is 2.34. The fraction of sp³-hybridized carbons (Fsp3) is 0.154. The second kappa shape index (κ2) is 7.35. The van der Waals surface area contributed by atoms with E-state index in [0.29, 0.717) is 0 Å². The maximum atomic E-state index is 10.7. The number of hydrogen-bond donors (Lipinski definition) is 0. The Bertz CT molecular complexity index is 398. The van der Waals surface area contributed by atoms with Crippen LogP contribution in [0.25, 0.3) is 0 Å². The fourth-order valence-electron chi connectivity index (χ4n) is 1.14. The van der Waals surface area contributed by atoms with Crippen LogP contribution in [-0.2, 0) is 11.3 Å². The number of hydrogen-bond acceptors (Lipinski definition) is 3. The lowest BCUT2D eigenvalue weighted by Crippen LogP contribution is -2.11. The van der Waals surface area contributed by atoms with Gasteiger partial charge in [-0.15, -0.1) is 0 Å². The van der Waals surface area contributed by atoms with E-state index in [1.807, 2.05) is 37.3 Å². The van der Waals surface area contributed by atoms with E-state index < -0.39 is 4.92 Å². The lowest BCUT2D eigenvalue weighted by atomic mass is 10.2. The molecular formula is C13H14NO3. The van der Waals surface area contributed by atoms with E-state index in [0.717, 1.165) is 5.56 Å². The minimum absolute atomic E-state index is 0.192. The van der Waals surface area contributed by atoms with Crippen LogP contribution in [0.2, 0.25) is 0 Å². The summed E-state index contributed by atoms with van der Waals surface area (Å²) in [5, 5.41) is 10.7. The Morgan fingerprint density at radius 1 is 1.35 bits per heavy atom. The van der Waals surface area contributed by atoms with E-state index in [2.05, 4.69) is 0 Å². The molecular weight excluding hydrogens is 218 g/mol. The second-order valence-electron chi connectivity index (χ2n) is 3.25. The molecule has 0 amide bonds. The highest BCUT2D eigenvalue weighted by Gasteiger charge is 2.20. The molecule has 1 aromatic rings. The molecule has 0 atom stereocenters. The first-order valence-corrected chi connectivity index (χ1v) is 5.21. The Hall–Kier alpha value is -1.94. The van der Waals surface area contributed by atoms with E-state index >= 15 is 0 Å². The summed E-state index contributed by atoms with van der Waals surface area (Å²) in [4.78, 5) is 10.1. The minimum atomic E-state index is -0.539. The number of nitrogens with zero attached hydrogens (tertiary/aromatic N) is 1. The van der Waals surface area contributed by atoms with Crippen molar-refractivity contribution in [2.24, 2.45) is 0 Å². The van der Waals surface area contributed by atoms with Crippen LogP contribution in [0.1, 0.15) is 12.5 Å². The van der Waals surface area contributed by atoms with Crippen LogP contribution in [0, 0.1) is 16.3 Å². The summed E-state index contributed by atoms with van der Waals surface area (Å²) in [5.74, 6) is 0. The van der Waals surface area contributed by atoms with Crippen LogP contribution in [0.15, 0.2) is 54.6 Å². The normalized spacial score (nSPS) is 11.6. The lowest BCUT2D eigenvalue weighted by Gasteiger charge is -2.03. The average molecular weight is 232 g/mol. The summed E-state index contributed by atoms with van der Waals surface area (Å²) in [6.07, 6.45) is 6.14. The second-order valence-corrected chi connectivity index (χ2v) is 3.25. The van der Waals surface area contributed by atoms with Crippen molar-refractivity contribution in [1.29, 1.82) is 0 Å². The minimum Gasteiger partial charge on any atom is -0.298 e. The van der Waals surface area contributed by atoms with Crippen molar-refractivity contribution in [2.45, 2.75) is 13.5 Å². The lowest BCUT2D eigenvalue weighted by molar-refractivity contribution is -0.502. The molecule has 0 fully saturated rings. The standard InChI is InChI=1S/C13H14NO3/c1-2-3-5-10-13(14(15)16)17-11-12-8-6-4-7-9-12/h2-10H,11H2,1H3/b3-2+,10-5+. The molecule has 17 heavy (non-hydrogen) atoms. The highest BCUT2D eigenvalue weighted by molar-refractivity contribution is 5.14. The van der Waals surface area contributed by atoms with E-state index in [9.17, 15) is 10.1 Å². The van der Waals surface area contributed by atoms with Crippen LogP contribution >= 0.6 is 0 Å². The summed E-state index contributed by atoms with van der Waals surface area (Å²) < 4.78 is 5.13. The first kappa shape index (κ1) is 13.1. The Kier molecular flexibility index (Phi) is 5.68. The molecule has 4 heteroatoms. The predicted molar refractivity (Wildman–Crippen MR) is 65.4 cm³/mol. The number of ether oxygens (including phenoxy) is 1. The highest BCUT2D eigenvalue weighted by atomic mass is 16.7. The molecule has 0 aliphatic heterocycles. The van der Waals surface area contributed by atoms with Crippen molar-refractivity contribution in [1.82, 2.24) is 0 Å². The first-order valence-electron chi connectivity index (χ1n) is 5.21. The molecule has 0 aliphatic rings. The van der Waals surface area contributed by atoms with E-state index in [1.54, 1.807) is 18.2 Å². The van der Waals surface area contributed by atoms with Gasteiger partial charge in [-0.3, -0.25) is 14.9 Å². The molecule has 1 aromatic carbocycles. The summed E-state index contributed by atoms with van der Waals surface area (Å²) in [7, 11) is 0. The van der Waals surface area contributed by atoms with Gasteiger partial charge in [0.05, 0.1) is 11.5 Å². The van der Waals surface area contributed by atoms with Crippen molar-refractivity contribution < 1.29 is 9.66 Å². The molecule has 4 nitrogen and oxygen atoms in total. The summed E-state index contributed by atoms with van der Waals surface area (Å²) in [6, 6.07) is 9.31. The summed E-state index contributed by atoms with van der Waals surface area (Å²) >= 11 is 0. The smallest absolute Gasteiger partial charge is 0.298 e. The zero-order valence-electron chi connectivity index (χ0n) is 9.58. The van der Waals surface area contributed by atoms with Crippen LogP contribution in [0.5, 0.6) is 0 Å². The highest BCUT2D eigenvalue weighted by Crippen LogP contribution is 2.10. The molecule has 0 saturated heterocycles. The largest absolute Gasteiger partial charge is 0.446 e.